The largest absolute Gasteiger partial charge is 0.311 e. The Morgan fingerprint density at radius 3 is 2.50 bits per heavy atom. The van der Waals surface area contributed by atoms with E-state index >= 15 is 0 Å². The van der Waals surface area contributed by atoms with Gasteiger partial charge in [0.2, 0.25) is 0 Å². The van der Waals surface area contributed by atoms with Gasteiger partial charge in [0.15, 0.2) is 0 Å². The van der Waals surface area contributed by atoms with Crippen LogP contribution in [-0.4, -0.2) is 55.6 Å². The average molecular weight is 250 g/mol. The molecule has 18 heavy (non-hydrogen) atoms. The van der Waals surface area contributed by atoms with Gasteiger partial charge in [0.05, 0.1) is 11.4 Å². The lowest BCUT2D eigenvalue weighted by molar-refractivity contribution is 0.274. The van der Waals surface area contributed by atoms with Crippen molar-refractivity contribution >= 4 is 0 Å². The third kappa shape index (κ3) is 6.10. The quantitative estimate of drug-likeness (QED) is 0.751. The van der Waals surface area contributed by atoms with E-state index in [0.29, 0.717) is 0 Å². The lowest BCUT2D eigenvalue weighted by Gasteiger charge is -2.19. The van der Waals surface area contributed by atoms with E-state index in [2.05, 4.69) is 66.4 Å². The molecular formula is C14H26N4. The van der Waals surface area contributed by atoms with E-state index in [9.17, 15) is 0 Å². The monoisotopic (exact) mass is 250 g/mol. The fraction of sp³-hybridized carbons (Fsp3) is 0.643. The molecule has 0 spiro atoms. The van der Waals surface area contributed by atoms with E-state index in [4.69, 9.17) is 0 Å². The van der Waals surface area contributed by atoms with E-state index in [1.54, 1.807) is 0 Å². The molecule has 0 unspecified atom stereocenters. The highest BCUT2D eigenvalue weighted by atomic mass is 15.2. The van der Waals surface area contributed by atoms with Crippen LogP contribution in [0, 0.1) is 0 Å². The van der Waals surface area contributed by atoms with Gasteiger partial charge in [-0.25, -0.2) is 0 Å². The maximum atomic E-state index is 4.66. The third-order valence-corrected chi connectivity index (χ3v) is 2.78. The van der Waals surface area contributed by atoms with Crippen LogP contribution in [0.2, 0.25) is 0 Å². The van der Waals surface area contributed by atoms with Crippen molar-refractivity contribution in [3.05, 3.63) is 29.6 Å². The Kier molecular flexibility index (Phi) is 6.86. The first-order chi connectivity index (χ1) is 8.61. The van der Waals surface area contributed by atoms with Crippen molar-refractivity contribution in [2.45, 2.75) is 20.0 Å². The van der Waals surface area contributed by atoms with Crippen molar-refractivity contribution in [1.29, 1.82) is 0 Å². The minimum Gasteiger partial charge on any atom is -0.311 e. The highest BCUT2D eigenvalue weighted by molar-refractivity contribution is 5.11. The average Bonchev–Trinajstić information content (AvgIpc) is 2.34. The predicted octanol–water partition coefficient (Wildman–Crippen LogP) is 1.18. The first-order valence-electron chi connectivity index (χ1n) is 6.60. The van der Waals surface area contributed by atoms with Crippen LogP contribution >= 0.6 is 0 Å². The number of likely N-dealkylation sites (N-methyl/N-ethyl adjacent to an activating group) is 2. The van der Waals surface area contributed by atoms with Crippen molar-refractivity contribution in [1.82, 2.24) is 20.1 Å². The van der Waals surface area contributed by atoms with E-state index in [1.165, 1.54) is 0 Å². The van der Waals surface area contributed by atoms with Crippen molar-refractivity contribution in [2.24, 2.45) is 0 Å². The second-order valence-corrected chi connectivity index (χ2v) is 4.94. The Morgan fingerprint density at radius 2 is 1.83 bits per heavy atom. The molecule has 0 bridgehead atoms. The van der Waals surface area contributed by atoms with Gasteiger partial charge in [-0.2, -0.15) is 0 Å². The number of rotatable bonds is 8. The van der Waals surface area contributed by atoms with Crippen LogP contribution in [0.3, 0.4) is 0 Å². The second kappa shape index (κ2) is 8.19. The van der Waals surface area contributed by atoms with Crippen LogP contribution in [0.5, 0.6) is 0 Å². The molecule has 1 N–H and O–H groups in total. The van der Waals surface area contributed by atoms with Crippen LogP contribution in [-0.2, 0) is 13.1 Å². The Balaban J connectivity index is 2.45. The standard InChI is InChI=1S/C14H26N4/c1-5-15-11-13-7-6-8-14(16-13)12-18(4)10-9-17(2)3/h6-8,15H,5,9-12H2,1-4H3. The van der Waals surface area contributed by atoms with E-state index < -0.39 is 0 Å². The van der Waals surface area contributed by atoms with Gasteiger partial charge >= 0.3 is 0 Å². The smallest absolute Gasteiger partial charge is 0.0547 e. The molecule has 0 radical (unpaired) electrons. The molecule has 0 atom stereocenters. The highest BCUT2D eigenvalue weighted by Crippen LogP contribution is 2.02. The van der Waals surface area contributed by atoms with E-state index in [1.807, 2.05) is 0 Å². The Morgan fingerprint density at radius 1 is 1.11 bits per heavy atom. The summed E-state index contributed by atoms with van der Waals surface area (Å²) in [6, 6.07) is 6.27. The maximum Gasteiger partial charge on any atom is 0.0547 e. The van der Waals surface area contributed by atoms with Crippen molar-refractivity contribution in [3.8, 4) is 0 Å². The topological polar surface area (TPSA) is 31.4 Å². The van der Waals surface area contributed by atoms with Gasteiger partial charge in [-0.05, 0) is 39.8 Å². The van der Waals surface area contributed by atoms with E-state index in [-0.39, 0.29) is 0 Å². The number of hydrogen-bond acceptors (Lipinski definition) is 4. The number of nitrogens with zero attached hydrogens (tertiary/aromatic N) is 3. The number of aromatic nitrogens is 1. The maximum absolute atomic E-state index is 4.66. The molecule has 1 rings (SSSR count). The van der Waals surface area contributed by atoms with Crippen LogP contribution in [0.25, 0.3) is 0 Å². The van der Waals surface area contributed by atoms with Gasteiger partial charge in [-0.15, -0.1) is 0 Å². The molecule has 0 aliphatic rings. The zero-order valence-electron chi connectivity index (χ0n) is 12.1. The fourth-order valence-electron chi connectivity index (χ4n) is 1.70. The highest BCUT2D eigenvalue weighted by Gasteiger charge is 2.03. The summed E-state index contributed by atoms with van der Waals surface area (Å²) in [5.74, 6) is 0. The summed E-state index contributed by atoms with van der Waals surface area (Å²) in [5, 5.41) is 3.30. The first-order valence-corrected chi connectivity index (χ1v) is 6.60. The molecule has 102 valence electrons. The van der Waals surface area contributed by atoms with Gasteiger partial charge < -0.3 is 10.2 Å². The molecule has 1 heterocycles. The zero-order chi connectivity index (χ0) is 13.4. The molecule has 0 saturated carbocycles. The van der Waals surface area contributed by atoms with Crippen molar-refractivity contribution in [2.75, 3.05) is 40.8 Å². The van der Waals surface area contributed by atoms with Crippen LogP contribution < -0.4 is 5.32 Å². The number of hydrogen-bond donors (Lipinski definition) is 1. The molecule has 0 aliphatic carbocycles. The van der Waals surface area contributed by atoms with Crippen LogP contribution in [0.4, 0.5) is 0 Å². The molecule has 0 aliphatic heterocycles. The molecule has 1 aromatic heterocycles. The zero-order valence-corrected chi connectivity index (χ0v) is 12.1. The molecule has 4 heteroatoms. The summed E-state index contributed by atoms with van der Waals surface area (Å²) in [6.45, 7) is 6.99. The van der Waals surface area contributed by atoms with Crippen LogP contribution in [0.1, 0.15) is 18.3 Å². The second-order valence-electron chi connectivity index (χ2n) is 4.94. The summed E-state index contributed by atoms with van der Waals surface area (Å²) >= 11 is 0. The van der Waals surface area contributed by atoms with E-state index in [0.717, 1.165) is 44.1 Å². The van der Waals surface area contributed by atoms with Gasteiger partial charge in [0.1, 0.15) is 0 Å². The van der Waals surface area contributed by atoms with Crippen molar-refractivity contribution in [3.63, 3.8) is 0 Å². The minimum absolute atomic E-state index is 0.853. The Labute approximate surface area is 111 Å². The molecule has 0 amide bonds. The Bertz CT molecular complexity index is 338. The molecular weight excluding hydrogens is 224 g/mol. The Hall–Kier alpha value is -0.970. The van der Waals surface area contributed by atoms with Gasteiger partial charge in [0, 0.05) is 26.2 Å². The lowest BCUT2D eigenvalue weighted by Crippen LogP contribution is -2.28. The molecule has 0 fully saturated rings. The summed E-state index contributed by atoms with van der Waals surface area (Å²) < 4.78 is 0. The molecule has 0 saturated heterocycles. The van der Waals surface area contributed by atoms with Crippen molar-refractivity contribution < 1.29 is 0 Å². The number of pyridine rings is 1. The summed E-state index contributed by atoms with van der Waals surface area (Å²) in [4.78, 5) is 9.16. The summed E-state index contributed by atoms with van der Waals surface area (Å²) in [5.41, 5.74) is 2.27. The SMILES string of the molecule is CCNCc1cccc(CN(C)CCN(C)C)n1. The summed E-state index contributed by atoms with van der Waals surface area (Å²) in [7, 11) is 6.34. The first kappa shape index (κ1) is 15.1. The normalized spacial score (nSPS) is 11.4. The van der Waals surface area contributed by atoms with Gasteiger partial charge in [-0.1, -0.05) is 13.0 Å². The number of nitrogens with one attached hydrogen (secondary N) is 1. The molecule has 1 aromatic rings. The summed E-state index contributed by atoms with van der Waals surface area (Å²) in [6.07, 6.45) is 0. The lowest BCUT2D eigenvalue weighted by atomic mass is 10.3. The molecule has 4 nitrogen and oxygen atoms in total. The fourth-order valence-corrected chi connectivity index (χ4v) is 1.70. The van der Waals surface area contributed by atoms with Gasteiger partial charge in [-0.3, -0.25) is 9.88 Å². The van der Waals surface area contributed by atoms with Gasteiger partial charge in [0.25, 0.3) is 0 Å². The third-order valence-electron chi connectivity index (χ3n) is 2.78. The minimum atomic E-state index is 0.853. The van der Waals surface area contributed by atoms with Crippen LogP contribution in [0.15, 0.2) is 18.2 Å². The predicted molar refractivity (Wildman–Crippen MR) is 76.5 cm³/mol. The molecule has 0 aromatic carbocycles.